The summed E-state index contributed by atoms with van der Waals surface area (Å²) >= 11 is 0. The number of hydrogen-bond donors (Lipinski definition) is 0. The van der Waals surface area contributed by atoms with Crippen molar-refractivity contribution in [1.29, 1.82) is 0 Å². The fourth-order valence-electron chi connectivity index (χ4n) is 2.15. The van der Waals surface area contributed by atoms with Gasteiger partial charge in [-0.15, -0.1) is 0 Å². The number of rotatable bonds is 5. The van der Waals surface area contributed by atoms with Gasteiger partial charge in [0.1, 0.15) is 0 Å². The van der Waals surface area contributed by atoms with Crippen LogP contribution in [0, 0.1) is 11.8 Å². The first-order valence-electron chi connectivity index (χ1n) is 6.52. The van der Waals surface area contributed by atoms with Crippen molar-refractivity contribution in [3.63, 3.8) is 0 Å². The van der Waals surface area contributed by atoms with Crippen molar-refractivity contribution in [1.82, 2.24) is 4.90 Å². The Morgan fingerprint density at radius 1 is 1.50 bits per heavy atom. The Morgan fingerprint density at radius 2 is 2.25 bits per heavy atom. The quantitative estimate of drug-likeness (QED) is 0.675. The number of nitrogens with zero attached hydrogens (tertiary/aromatic N) is 1. The summed E-state index contributed by atoms with van der Waals surface area (Å²) in [5, 5.41) is 0. The summed E-state index contributed by atoms with van der Waals surface area (Å²) in [6, 6.07) is 0. The minimum Gasteiger partial charge on any atom is -0.466 e. The first kappa shape index (κ1) is 13.5. The molecule has 1 saturated heterocycles. The highest BCUT2D eigenvalue weighted by molar-refractivity contribution is 5.72. The van der Waals surface area contributed by atoms with Gasteiger partial charge < -0.3 is 9.64 Å². The standard InChI is InChI=1S/C13H25NO2/c1-4-16-13(15)12-6-5-8-14(10-12)9-7-11(2)3/h11-12H,4-10H2,1-3H3/t12-/m1/s1. The lowest BCUT2D eigenvalue weighted by Crippen LogP contribution is -2.40. The maximum Gasteiger partial charge on any atom is 0.310 e. The van der Waals surface area contributed by atoms with Gasteiger partial charge >= 0.3 is 5.97 Å². The van der Waals surface area contributed by atoms with Gasteiger partial charge in [0.15, 0.2) is 0 Å². The molecule has 0 radical (unpaired) electrons. The van der Waals surface area contributed by atoms with Crippen LogP contribution in [-0.4, -0.2) is 37.1 Å². The van der Waals surface area contributed by atoms with E-state index in [1.165, 1.54) is 6.42 Å². The third kappa shape index (κ3) is 4.52. The molecule has 0 saturated carbocycles. The Bertz CT molecular complexity index is 216. The van der Waals surface area contributed by atoms with Crippen LogP contribution in [0.4, 0.5) is 0 Å². The second-order valence-electron chi connectivity index (χ2n) is 5.07. The van der Waals surface area contributed by atoms with Gasteiger partial charge in [0.25, 0.3) is 0 Å². The van der Waals surface area contributed by atoms with Gasteiger partial charge in [-0.05, 0) is 45.2 Å². The zero-order valence-electron chi connectivity index (χ0n) is 10.9. The highest BCUT2D eigenvalue weighted by atomic mass is 16.5. The largest absolute Gasteiger partial charge is 0.466 e. The fraction of sp³-hybridized carbons (Fsp3) is 0.923. The van der Waals surface area contributed by atoms with E-state index in [4.69, 9.17) is 4.74 Å². The third-order valence-corrected chi connectivity index (χ3v) is 3.15. The summed E-state index contributed by atoms with van der Waals surface area (Å²) in [5.74, 6) is 0.848. The van der Waals surface area contributed by atoms with E-state index in [0.717, 1.165) is 38.4 Å². The van der Waals surface area contributed by atoms with Gasteiger partial charge in [-0.25, -0.2) is 0 Å². The second-order valence-corrected chi connectivity index (χ2v) is 5.07. The predicted molar refractivity (Wildman–Crippen MR) is 65.3 cm³/mol. The molecule has 3 nitrogen and oxygen atoms in total. The average molecular weight is 227 g/mol. The number of carbonyl (C=O) groups is 1. The SMILES string of the molecule is CCOC(=O)[C@@H]1CCCN(CCC(C)C)C1. The molecule has 0 aromatic carbocycles. The molecule has 3 heteroatoms. The Kier molecular flexibility index (Phi) is 5.81. The van der Waals surface area contributed by atoms with Crippen LogP contribution < -0.4 is 0 Å². The van der Waals surface area contributed by atoms with Crippen LogP contribution >= 0.6 is 0 Å². The van der Waals surface area contributed by atoms with Crippen LogP contribution in [0.5, 0.6) is 0 Å². The highest BCUT2D eigenvalue weighted by Crippen LogP contribution is 2.18. The minimum atomic E-state index is -0.00301. The van der Waals surface area contributed by atoms with Crippen LogP contribution in [0.3, 0.4) is 0 Å². The Hall–Kier alpha value is -0.570. The Labute approximate surface area is 99.1 Å². The van der Waals surface area contributed by atoms with Crippen molar-refractivity contribution >= 4 is 5.97 Å². The van der Waals surface area contributed by atoms with Gasteiger partial charge in [-0.1, -0.05) is 13.8 Å². The van der Waals surface area contributed by atoms with Crippen molar-refractivity contribution in [3.05, 3.63) is 0 Å². The van der Waals surface area contributed by atoms with E-state index in [9.17, 15) is 4.79 Å². The summed E-state index contributed by atoms with van der Waals surface area (Å²) in [4.78, 5) is 14.0. The monoisotopic (exact) mass is 227 g/mol. The molecular weight excluding hydrogens is 202 g/mol. The van der Waals surface area contributed by atoms with Crippen LogP contribution in [0.2, 0.25) is 0 Å². The van der Waals surface area contributed by atoms with Gasteiger partial charge in [0.2, 0.25) is 0 Å². The molecule has 0 aromatic heterocycles. The van der Waals surface area contributed by atoms with Crippen molar-refractivity contribution < 1.29 is 9.53 Å². The summed E-state index contributed by atoms with van der Waals surface area (Å²) < 4.78 is 5.09. The molecule has 1 heterocycles. The molecule has 1 fully saturated rings. The van der Waals surface area contributed by atoms with Gasteiger partial charge in [-0.2, -0.15) is 0 Å². The lowest BCUT2D eigenvalue weighted by atomic mass is 9.97. The summed E-state index contributed by atoms with van der Waals surface area (Å²) in [6.45, 7) is 10.0. The Balaban J connectivity index is 2.32. The number of esters is 1. The van der Waals surface area contributed by atoms with Gasteiger partial charge in [0, 0.05) is 6.54 Å². The zero-order valence-corrected chi connectivity index (χ0v) is 10.9. The molecule has 0 spiro atoms. The smallest absolute Gasteiger partial charge is 0.310 e. The fourth-order valence-corrected chi connectivity index (χ4v) is 2.15. The van der Waals surface area contributed by atoms with Crippen LogP contribution in [-0.2, 0) is 9.53 Å². The van der Waals surface area contributed by atoms with Crippen molar-refractivity contribution in [2.75, 3.05) is 26.2 Å². The first-order chi connectivity index (χ1) is 7.63. The van der Waals surface area contributed by atoms with Crippen molar-refractivity contribution in [2.45, 2.75) is 40.0 Å². The molecule has 0 unspecified atom stereocenters. The molecule has 1 aliphatic rings. The van der Waals surface area contributed by atoms with E-state index in [2.05, 4.69) is 18.7 Å². The summed E-state index contributed by atoms with van der Waals surface area (Å²) in [7, 11) is 0. The molecule has 0 N–H and O–H groups in total. The molecule has 94 valence electrons. The van der Waals surface area contributed by atoms with E-state index in [-0.39, 0.29) is 11.9 Å². The normalized spacial score (nSPS) is 22.4. The second kappa shape index (κ2) is 6.89. The summed E-state index contributed by atoms with van der Waals surface area (Å²) in [6.07, 6.45) is 3.34. The lowest BCUT2D eigenvalue weighted by molar-refractivity contribution is -0.149. The first-order valence-corrected chi connectivity index (χ1v) is 6.52. The topological polar surface area (TPSA) is 29.5 Å². The maximum absolute atomic E-state index is 11.6. The molecular formula is C13H25NO2. The van der Waals surface area contributed by atoms with E-state index >= 15 is 0 Å². The highest BCUT2D eigenvalue weighted by Gasteiger charge is 2.26. The minimum absolute atomic E-state index is 0.00301. The molecule has 0 aromatic rings. The van der Waals surface area contributed by atoms with Crippen LogP contribution in [0.25, 0.3) is 0 Å². The molecule has 0 bridgehead atoms. The average Bonchev–Trinajstić information content (AvgIpc) is 2.27. The van der Waals surface area contributed by atoms with Crippen LogP contribution in [0.1, 0.15) is 40.0 Å². The summed E-state index contributed by atoms with van der Waals surface area (Å²) in [5.41, 5.74) is 0. The maximum atomic E-state index is 11.6. The van der Waals surface area contributed by atoms with Gasteiger partial charge in [-0.3, -0.25) is 4.79 Å². The number of piperidine rings is 1. The predicted octanol–water partition coefficient (Wildman–Crippen LogP) is 2.31. The molecule has 0 aliphatic carbocycles. The van der Waals surface area contributed by atoms with Gasteiger partial charge in [0.05, 0.1) is 12.5 Å². The van der Waals surface area contributed by atoms with Crippen molar-refractivity contribution in [3.8, 4) is 0 Å². The molecule has 1 atom stereocenters. The van der Waals surface area contributed by atoms with E-state index in [1.54, 1.807) is 0 Å². The molecule has 0 amide bonds. The zero-order chi connectivity index (χ0) is 12.0. The van der Waals surface area contributed by atoms with E-state index < -0.39 is 0 Å². The van der Waals surface area contributed by atoms with E-state index in [0.29, 0.717) is 6.61 Å². The number of likely N-dealkylation sites (tertiary alicyclic amines) is 1. The van der Waals surface area contributed by atoms with Crippen molar-refractivity contribution in [2.24, 2.45) is 11.8 Å². The van der Waals surface area contributed by atoms with Crippen LogP contribution in [0.15, 0.2) is 0 Å². The van der Waals surface area contributed by atoms with E-state index in [1.807, 2.05) is 6.92 Å². The number of hydrogen-bond acceptors (Lipinski definition) is 3. The molecule has 1 aliphatic heterocycles. The number of ether oxygens (including phenoxy) is 1. The Morgan fingerprint density at radius 3 is 2.88 bits per heavy atom. The molecule has 1 rings (SSSR count). The lowest BCUT2D eigenvalue weighted by Gasteiger charge is -2.31. The molecule has 16 heavy (non-hydrogen) atoms. The number of carbonyl (C=O) groups excluding carboxylic acids is 1. The third-order valence-electron chi connectivity index (χ3n) is 3.15.